The number of carboxylic acids is 1. The minimum Gasteiger partial charge on any atom is -0.480 e. The number of imide groups is 1. The molecular formula is C20H20N2O4. The van der Waals surface area contributed by atoms with Crippen molar-refractivity contribution in [2.75, 3.05) is 18.5 Å². The summed E-state index contributed by atoms with van der Waals surface area (Å²) in [7, 11) is 1.99. The van der Waals surface area contributed by atoms with Crippen LogP contribution in [0.2, 0.25) is 0 Å². The minimum absolute atomic E-state index is 0.318. The highest BCUT2D eigenvalue weighted by molar-refractivity contribution is 6.24. The van der Waals surface area contributed by atoms with Crippen molar-refractivity contribution < 1.29 is 19.5 Å². The molecule has 1 unspecified atom stereocenters. The van der Waals surface area contributed by atoms with Gasteiger partial charge in [0.15, 0.2) is 0 Å². The molecule has 1 atom stereocenters. The molecule has 6 nitrogen and oxygen atoms in total. The number of fused-ring (bicyclic) bond motifs is 3. The second-order valence-corrected chi connectivity index (χ2v) is 7.71. The Bertz CT molecular complexity index is 956. The first-order chi connectivity index (χ1) is 12.1. The molecule has 6 heteroatoms. The highest BCUT2D eigenvalue weighted by atomic mass is 16.4. The van der Waals surface area contributed by atoms with Crippen LogP contribution >= 0.6 is 0 Å². The second kappa shape index (κ2) is 4.84. The van der Waals surface area contributed by atoms with Crippen LogP contribution in [0.5, 0.6) is 0 Å². The Morgan fingerprint density at radius 2 is 1.77 bits per heavy atom. The lowest BCUT2D eigenvalue weighted by Gasteiger charge is -2.50. The molecule has 0 saturated carbocycles. The largest absolute Gasteiger partial charge is 0.480 e. The molecule has 0 bridgehead atoms. The summed E-state index contributed by atoms with van der Waals surface area (Å²) in [5, 5.41) is 9.07. The van der Waals surface area contributed by atoms with Crippen molar-refractivity contribution in [2.24, 2.45) is 5.41 Å². The topological polar surface area (TPSA) is 77.9 Å². The fraction of sp³-hybridized carbons (Fsp3) is 0.350. The third kappa shape index (κ3) is 1.69. The van der Waals surface area contributed by atoms with Crippen LogP contribution in [0, 0.1) is 5.41 Å². The van der Waals surface area contributed by atoms with Crippen LogP contribution in [-0.4, -0.2) is 46.9 Å². The Balaban J connectivity index is 1.95. The van der Waals surface area contributed by atoms with Gasteiger partial charge in [-0.1, -0.05) is 32.0 Å². The number of carboxylic acid groups (broad SMARTS) is 1. The Kier molecular flexibility index (Phi) is 3.09. The maximum Gasteiger partial charge on any atom is 0.323 e. The molecule has 0 spiro atoms. The molecule has 134 valence electrons. The first-order valence-corrected chi connectivity index (χ1v) is 8.50. The molecule has 0 aromatic heterocycles. The molecule has 0 saturated heterocycles. The number of para-hydroxylation sites is 1. The minimum atomic E-state index is -1.20. The van der Waals surface area contributed by atoms with Crippen LogP contribution in [0.15, 0.2) is 41.5 Å². The van der Waals surface area contributed by atoms with E-state index in [4.69, 9.17) is 5.11 Å². The van der Waals surface area contributed by atoms with Crippen molar-refractivity contribution in [3.8, 4) is 0 Å². The van der Waals surface area contributed by atoms with E-state index in [9.17, 15) is 14.4 Å². The third-order valence-corrected chi connectivity index (χ3v) is 6.38. The van der Waals surface area contributed by atoms with E-state index >= 15 is 0 Å². The summed E-state index contributed by atoms with van der Waals surface area (Å²) in [4.78, 5) is 39.8. The lowest BCUT2D eigenvalue weighted by Crippen LogP contribution is -2.55. The van der Waals surface area contributed by atoms with Gasteiger partial charge in [0.25, 0.3) is 11.8 Å². The molecule has 4 rings (SSSR count). The summed E-state index contributed by atoms with van der Waals surface area (Å²) >= 11 is 0. The Hall–Kier alpha value is -2.89. The Morgan fingerprint density at radius 1 is 1.12 bits per heavy atom. The summed E-state index contributed by atoms with van der Waals surface area (Å²) < 4.78 is 0. The molecule has 0 fully saturated rings. The van der Waals surface area contributed by atoms with Crippen LogP contribution in [0.3, 0.4) is 0 Å². The van der Waals surface area contributed by atoms with Gasteiger partial charge in [0, 0.05) is 34.9 Å². The van der Waals surface area contributed by atoms with E-state index in [1.807, 2.05) is 45.2 Å². The van der Waals surface area contributed by atoms with Gasteiger partial charge in [-0.3, -0.25) is 19.3 Å². The van der Waals surface area contributed by atoms with Gasteiger partial charge in [-0.2, -0.15) is 0 Å². The highest BCUT2D eigenvalue weighted by Gasteiger charge is 2.60. The number of hydrogen-bond donors (Lipinski definition) is 1. The molecule has 26 heavy (non-hydrogen) atoms. The number of benzene rings is 1. The van der Waals surface area contributed by atoms with Crippen molar-refractivity contribution in [1.29, 1.82) is 0 Å². The summed E-state index contributed by atoms with van der Waals surface area (Å²) in [6.07, 6.45) is 1.78. The van der Waals surface area contributed by atoms with E-state index in [2.05, 4.69) is 11.8 Å². The van der Waals surface area contributed by atoms with Crippen molar-refractivity contribution in [1.82, 2.24) is 4.90 Å². The number of likely N-dealkylation sites (N-methyl/N-ethyl adjacent to an activating group) is 1. The zero-order valence-corrected chi connectivity index (χ0v) is 15.2. The number of anilines is 1. The highest BCUT2D eigenvalue weighted by Crippen LogP contribution is 2.60. The Morgan fingerprint density at radius 3 is 2.42 bits per heavy atom. The van der Waals surface area contributed by atoms with Gasteiger partial charge >= 0.3 is 5.97 Å². The molecule has 1 N–H and O–H groups in total. The quantitative estimate of drug-likeness (QED) is 0.825. The summed E-state index contributed by atoms with van der Waals surface area (Å²) in [6, 6.07) is 7.96. The maximum absolute atomic E-state index is 12.9. The number of hydrogen-bond acceptors (Lipinski definition) is 4. The fourth-order valence-corrected chi connectivity index (χ4v) is 4.65. The van der Waals surface area contributed by atoms with Crippen LogP contribution < -0.4 is 4.90 Å². The number of rotatable bonds is 2. The lowest BCUT2D eigenvalue weighted by molar-refractivity contribution is -0.148. The third-order valence-electron chi connectivity index (χ3n) is 6.38. The predicted molar refractivity (Wildman–Crippen MR) is 96.4 cm³/mol. The van der Waals surface area contributed by atoms with Crippen LogP contribution in [0.1, 0.15) is 26.3 Å². The normalized spacial score (nSPS) is 25.9. The molecule has 0 radical (unpaired) electrons. The van der Waals surface area contributed by atoms with Crippen LogP contribution in [-0.2, 0) is 14.4 Å². The smallest absolute Gasteiger partial charge is 0.323 e. The molecule has 2 amide bonds. The van der Waals surface area contributed by atoms with Gasteiger partial charge < -0.3 is 10.0 Å². The molecular weight excluding hydrogens is 332 g/mol. The van der Waals surface area contributed by atoms with E-state index in [-0.39, 0.29) is 0 Å². The number of carbonyl (C=O) groups is 3. The van der Waals surface area contributed by atoms with E-state index in [0.717, 1.165) is 21.7 Å². The lowest BCUT2D eigenvalue weighted by atomic mass is 9.60. The predicted octanol–water partition coefficient (Wildman–Crippen LogP) is 2.07. The van der Waals surface area contributed by atoms with Gasteiger partial charge in [0.1, 0.15) is 6.54 Å². The summed E-state index contributed by atoms with van der Waals surface area (Å²) in [5.41, 5.74) is 2.59. The monoisotopic (exact) mass is 352 g/mol. The zero-order valence-electron chi connectivity index (χ0n) is 15.2. The molecule has 1 aromatic carbocycles. The molecule has 1 aliphatic carbocycles. The molecule has 1 aromatic rings. The zero-order chi connectivity index (χ0) is 19.0. The molecule has 3 aliphatic rings. The summed E-state index contributed by atoms with van der Waals surface area (Å²) in [6.45, 7) is 5.35. The SMILES string of the molecule is CN1c2ccccc2C2=CC3=C(C(=O)N(CC(=O)O)C3=O)C(C)(C)C21C. The van der Waals surface area contributed by atoms with Crippen LogP contribution in [0.4, 0.5) is 5.69 Å². The summed E-state index contributed by atoms with van der Waals surface area (Å²) in [5.74, 6) is -2.23. The number of aliphatic carboxylic acids is 1. The maximum atomic E-state index is 12.9. The molecule has 2 aliphatic heterocycles. The number of nitrogens with zero attached hydrogens (tertiary/aromatic N) is 2. The van der Waals surface area contributed by atoms with E-state index in [1.54, 1.807) is 6.08 Å². The van der Waals surface area contributed by atoms with E-state index < -0.39 is 35.3 Å². The first kappa shape index (κ1) is 16.6. The number of carbonyl (C=O) groups excluding carboxylic acids is 2. The van der Waals surface area contributed by atoms with Gasteiger partial charge in [-0.15, -0.1) is 0 Å². The van der Waals surface area contributed by atoms with Crippen molar-refractivity contribution in [3.63, 3.8) is 0 Å². The van der Waals surface area contributed by atoms with E-state index in [0.29, 0.717) is 11.1 Å². The van der Waals surface area contributed by atoms with Crippen LogP contribution in [0.25, 0.3) is 5.57 Å². The van der Waals surface area contributed by atoms with Crippen molar-refractivity contribution in [3.05, 3.63) is 47.1 Å². The second-order valence-electron chi connectivity index (χ2n) is 7.71. The van der Waals surface area contributed by atoms with Crippen molar-refractivity contribution in [2.45, 2.75) is 26.3 Å². The fourth-order valence-electron chi connectivity index (χ4n) is 4.65. The average Bonchev–Trinajstić information content (AvgIpc) is 2.95. The van der Waals surface area contributed by atoms with Gasteiger partial charge in [-0.25, -0.2) is 0 Å². The molecule has 2 heterocycles. The van der Waals surface area contributed by atoms with Gasteiger partial charge in [0.2, 0.25) is 0 Å². The van der Waals surface area contributed by atoms with Gasteiger partial charge in [-0.05, 0) is 24.6 Å². The first-order valence-electron chi connectivity index (χ1n) is 8.50. The Labute approximate surface area is 151 Å². The van der Waals surface area contributed by atoms with Crippen molar-refractivity contribution >= 4 is 29.0 Å². The number of amides is 2. The average molecular weight is 352 g/mol. The standard InChI is InChI=1S/C20H20N2O4/c1-19(2)16-12(17(25)22(18(16)26)10-15(23)24)9-13-11-7-5-6-8-14(11)21(4)20(13,19)3/h5-9H,10H2,1-4H3,(H,23,24). The van der Waals surface area contributed by atoms with E-state index in [1.165, 1.54) is 0 Å². The van der Waals surface area contributed by atoms with Gasteiger partial charge in [0.05, 0.1) is 5.54 Å².